The zero-order chi connectivity index (χ0) is 18.8. The third-order valence-corrected chi connectivity index (χ3v) is 4.82. The van der Waals surface area contributed by atoms with E-state index in [1.807, 2.05) is 26.0 Å². The van der Waals surface area contributed by atoms with Crippen LogP contribution < -0.4 is 16.0 Å². The van der Waals surface area contributed by atoms with E-state index in [9.17, 15) is 4.79 Å². The van der Waals surface area contributed by atoms with Crippen LogP contribution in [0, 0.1) is 6.92 Å². The fourth-order valence-corrected chi connectivity index (χ4v) is 3.19. The van der Waals surface area contributed by atoms with Gasteiger partial charge in [-0.05, 0) is 44.5 Å². The first-order chi connectivity index (χ1) is 12.6. The second kappa shape index (κ2) is 12.7. The van der Waals surface area contributed by atoms with Gasteiger partial charge in [-0.25, -0.2) is 9.98 Å². The summed E-state index contributed by atoms with van der Waals surface area (Å²) < 4.78 is 0. The van der Waals surface area contributed by atoms with Crippen LogP contribution in [0.3, 0.4) is 0 Å². The highest BCUT2D eigenvalue weighted by molar-refractivity contribution is 14.0. The first-order valence-corrected chi connectivity index (χ1v) is 9.75. The van der Waals surface area contributed by atoms with Crippen LogP contribution in [-0.4, -0.2) is 29.9 Å². The van der Waals surface area contributed by atoms with Gasteiger partial charge in [0, 0.05) is 35.0 Å². The number of aryl methyl sites for hydroxylation is 2. The first-order valence-electron chi connectivity index (χ1n) is 8.94. The Morgan fingerprint density at radius 3 is 2.59 bits per heavy atom. The number of hydrogen-bond donors (Lipinski definition) is 3. The predicted molar refractivity (Wildman–Crippen MR) is 124 cm³/mol. The Balaban J connectivity index is 0.00000364. The van der Waals surface area contributed by atoms with Crippen molar-refractivity contribution in [3.63, 3.8) is 0 Å². The lowest BCUT2D eigenvalue weighted by molar-refractivity contribution is -0.116. The Bertz CT molecular complexity index is 747. The second-order valence-corrected chi connectivity index (χ2v) is 7.06. The highest BCUT2D eigenvalue weighted by Gasteiger charge is 2.05. The number of halogens is 1. The largest absolute Gasteiger partial charge is 0.357 e. The number of aromatic nitrogens is 1. The molecule has 1 amide bonds. The third-order valence-electron chi connectivity index (χ3n) is 3.60. The van der Waals surface area contributed by atoms with Crippen LogP contribution in [0.25, 0.3) is 0 Å². The van der Waals surface area contributed by atoms with E-state index in [0.717, 1.165) is 24.6 Å². The number of amides is 1. The molecule has 0 saturated heterocycles. The molecule has 0 spiro atoms. The molecule has 0 unspecified atom stereocenters. The average molecular weight is 501 g/mol. The number of carbonyl (C=O) groups is 1. The smallest absolute Gasteiger partial charge is 0.227 e. The molecule has 0 bridgehead atoms. The molecule has 148 valence electrons. The van der Waals surface area contributed by atoms with Gasteiger partial charge in [-0.2, -0.15) is 0 Å². The summed E-state index contributed by atoms with van der Waals surface area (Å²) in [5.41, 5.74) is 0.877. The lowest BCUT2D eigenvalue weighted by atomic mass is 10.3. The minimum atomic E-state index is -0.0720. The maximum absolute atomic E-state index is 12.0. The summed E-state index contributed by atoms with van der Waals surface area (Å²) in [5.74, 6) is 1.23. The van der Waals surface area contributed by atoms with Crippen molar-refractivity contribution in [1.29, 1.82) is 0 Å². The fourth-order valence-electron chi connectivity index (χ4n) is 2.31. The van der Waals surface area contributed by atoms with Gasteiger partial charge < -0.3 is 16.0 Å². The maximum Gasteiger partial charge on any atom is 0.227 e. The monoisotopic (exact) mass is 501 g/mol. The summed E-state index contributed by atoms with van der Waals surface area (Å²) in [7, 11) is 0. The van der Waals surface area contributed by atoms with E-state index in [4.69, 9.17) is 0 Å². The van der Waals surface area contributed by atoms with E-state index in [2.05, 4.69) is 45.0 Å². The molecule has 8 heteroatoms. The van der Waals surface area contributed by atoms with Crippen molar-refractivity contribution < 1.29 is 4.79 Å². The summed E-state index contributed by atoms with van der Waals surface area (Å²) >= 11 is 1.79. The van der Waals surface area contributed by atoms with Gasteiger partial charge in [0.05, 0.1) is 6.54 Å². The van der Waals surface area contributed by atoms with Crippen LogP contribution in [-0.2, 0) is 17.8 Å². The van der Waals surface area contributed by atoms with Crippen LogP contribution in [0.5, 0.6) is 0 Å². The molecule has 2 aromatic rings. The Labute approximate surface area is 182 Å². The number of guanidine groups is 1. The quantitative estimate of drug-likeness (QED) is 0.293. The normalized spacial score (nSPS) is 10.9. The van der Waals surface area contributed by atoms with E-state index < -0.39 is 0 Å². The molecule has 0 fully saturated rings. The molecule has 0 aliphatic rings. The van der Waals surface area contributed by atoms with E-state index in [1.54, 1.807) is 17.4 Å². The lowest BCUT2D eigenvalue weighted by Crippen LogP contribution is -2.38. The van der Waals surface area contributed by atoms with E-state index >= 15 is 0 Å². The highest BCUT2D eigenvalue weighted by atomic mass is 127. The van der Waals surface area contributed by atoms with Gasteiger partial charge in [0.25, 0.3) is 0 Å². The summed E-state index contributed by atoms with van der Waals surface area (Å²) in [4.78, 5) is 23.5. The molecule has 6 nitrogen and oxygen atoms in total. The van der Waals surface area contributed by atoms with E-state index in [1.165, 1.54) is 9.75 Å². The number of carbonyl (C=O) groups excluding carboxylic acids is 1. The molecule has 0 aliphatic carbocycles. The van der Waals surface area contributed by atoms with Crippen molar-refractivity contribution in [2.45, 2.75) is 40.2 Å². The van der Waals surface area contributed by atoms with E-state index in [0.29, 0.717) is 25.3 Å². The van der Waals surface area contributed by atoms with Gasteiger partial charge in [-0.1, -0.05) is 13.0 Å². The number of pyridine rings is 1. The van der Waals surface area contributed by atoms with Crippen LogP contribution in [0.1, 0.15) is 35.7 Å². The average Bonchev–Trinajstić information content (AvgIpc) is 3.08. The zero-order valence-electron chi connectivity index (χ0n) is 16.0. The van der Waals surface area contributed by atoms with Gasteiger partial charge in [0.15, 0.2) is 5.96 Å². The molecule has 0 aliphatic heterocycles. The number of nitrogens with zero attached hydrogens (tertiary/aromatic N) is 2. The van der Waals surface area contributed by atoms with Gasteiger partial charge in [-0.15, -0.1) is 35.3 Å². The topological polar surface area (TPSA) is 78.4 Å². The summed E-state index contributed by atoms with van der Waals surface area (Å²) in [6.07, 6.45) is 1.40. The number of nitrogens with one attached hydrogen (secondary N) is 3. The molecular weight excluding hydrogens is 473 g/mol. The van der Waals surface area contributed by atoms with Gasteiger partial charge >= 0.3 is 0 Å². The predicted octanol–water partition coefficient (Wildman–Crippen LogP) is 3.72. The van der Waals surface area contributed by atoms with E-state index in [-0.39, 0.29) is 29.9 Å². The molecule has 0 saturated carbocycles. The first kappa shape index (κ1) is 23.4. The minimum Gasteiger partial charge on any atom is -0.357 e. The number of rotatable bonds is 8. The standard InChI is InChI=1S/C19H27N5OS.HI/c1-4-15-9-10-16(26-15)13-22-19(20-5-2)21-12-11-18(25)24-17-8-6-7-14(3)23-17;/h6-10H,4-5,11-13H2,1-3H3,(H2,20,21,22)(H,23,24,25);1H. The van der Waals surface area contributed by atoms with Gasteiger partial charge in [0.1, 0.15) is 5.82 Å². The second-order valence-electron chi connectivity index (χ2n) is 5.81. The third kappa shape index (κ3) is 8.70. The summed E-state index contributed by atoms with van der Waals surface area (Å²) in [6, 6.07) is 9.84. The minimum absolute atomic E-state index is 0. The maximum atomic E-state index is 12.0. The molecular formula is C19H28IN5OS. The summed E-state index contributed by atoms with van der Waals surface area (Å²) in [6.45, 7) is 7.99. The SMILES string of the molecule is CCNC(=NCc1ccc(CC)s1)NCCC(=O)Nc1cccc(C)n1.I. The van der Waals surface area contributed by atoms with Crippen molar-refractivity contribution in [3.05, 3.63) is 45.8 Å². The summed E-state index contributed by atoms with van der Waals surface area (Å²) in [5, 5.41) is 9.21. The molecule has 2 rings (SSSR count). The molecule has 0 atom stereocenters. The Hall–Kier alpha value is -1.68. The van der Waals surface area contributed by atoms with Crippen LogP contribution in [0.4, 0.5) is 5.82 Å². The van der Waals surface area contributed by atoms with Crippen molar-refractivity contribution in [2.24, 2.45) is 4.99 Å². The number of hydrogen-bond acceptors (Lipinski definition) is 4. The Morgan fingerprint density at radius 2 is 1.93 bits per heavy atom. The van der Waals surface area contributed by atoms with Crippen molar-refractivity contribution in [2.75, 3.05) is 18.4 Å². The number of thiophene rings is 1. The highest BCUT2D eigenvalue weighted by Crippen LogP contribution is 2.17. The van der Waals surface area contributed by atoms with Gasteiger partial charge in [-0.3, -0.25) is 4.79 Å². The lowest BCUT2D eigenvalue weighted by Gasteiger charge is -2.11. The zero-order valence-corrected chi connectivity index (χ0v) is 19.2. The van der Waals surface area contributed by atoms with Crippen LogP contribution >= 0.6 is 35.3 Å². The molecule has 27 heavy (non-hydrogen) atoms. The fraction of sp³-hybridized carbons (Fsp3) is 0.421. The van der Waals surface area contributed by atoms with Crippen molar-refractivity contribution in [1.82, 2.24) is 15.6 Å². The molecule has 3 N–H and O–H groups in total. The Morgan fingerprint density at radius 1 is 1.15 bits per heavy atom. The van der Waals surface area contributed by atoms with Gasteiger partial charge in [0.2, 0.25) is 5.91 Å². The Kier molecular flexibility index (Phi) is 11.0. The van der Waals surface area contributed by atoms with Crippen molar-refractivity contribution >= 4 is 53.0 Å². The van der Waals surface area contributed by atoms with Crippen LogP contribution in [0.15, 0.2) is 35.3 Å². The number of aliphatic imine (C=N–C) groups is 1. The molecule has 0 radical (unpaired) electrons. The molecule has 2 heterocycles. The number of anilines is 1. The molecule has 2 aromatic heterocycles. The van der Waals surface area contributed by atoms with Crippen molar-refractivity contribution in [3.8, 4) is 0 Å². The molecule has 0 aromatic carbocycles. The van der Waals surface area contributed by atoms with Crippen LogP contribution in [0.2, 0.25) is 0 Å².